The van der Waals surface area contributed by atoms with Gasteiger partial charge in [0.05, 0.1) is 19.6 Å². The zero-order valence-corrected chi connectivity index (χ0v) is 19.5. The number of benzene rings is 2. The summed E-state index contributed by atoms with van der Waals surface area (Å²) in [5, 5.41) is 22.1. The van der Waals surface area contributed by atoms with Gasteiger partial charge in [0, 0.05) is 35.6 Å². The topological polar surface area (TPSA) is 116 Å². The highest BCUT2D eigenvalue weighted by molar-refractivity contribution is 5.86. The molecule has 0 radical (unpaired) electrons. The van der Waals surface area contributed by atoms with Crippen LogP contribution in [-0.2, 0) is 17.8 Å². The summed E-state index contributed by atoms with van der Waals surface area (Å²) >= 11 is 0. The fourth-order valence-corrected chi connectivity index (χ4v) is 4.86. The third-order valence-corrected chi connectivity index (χ3v) is 6.61. The minimum atomic E-state index is -0.781. The number of rotatable bonds is 5. The summed E-state index contributed by atoms with van der Waals surface area (Å²) in [7, 11) is 1.44. The maximum absolute atomic E-state index is 13.5. The van der Waals surface area contributed by atoms with Crippen LogP contribution in [0.5, 0.6) is 17.2 Å². The number of para-hydroxylation sites is 1. The van der Waals surface area contributed by atoms with Gasteiger partial charge in [-0.15, -0.1) is 0 Å². The lowest BCUT2D eigenvalue weighted by atomic mass is 9.90. The predicted octanol–water partition coefficient (Wildman–Crippen LogP) is 3.96. The highest BCUT2D eigenvalue weighted by atomic mass is 16.5. The summed E-state index contributed by atoms with van der Waals surface area (Å²) in [6.07, 6.45) is 0.672. The number of phenols is 1. The molecule has 0 saturated heterocycles. The molecule has 1 unspecified atom stereocenters. The summed E-state index contributed by atoms with van der Waals surface area (Å²) in [5.74, 6) is -1.00. The number of aromatic amines is 1. The van der Waals surface area contributed by atoms with Crippen molar-refractivity contribution in [2.75, 3.05) is 13.7 Å². The highest BCUT2D eigenvalue weighted by Gasteiger charge is 2.30. The number of aryl methyl sites for hydroxylation is 1. The Labute approximate surface area is 201 Å². The van der Waals surface area contributed by atoms with Crippen LogP contribution < -0.4 is 10.2 Å². The van der Waals surface area contributed by atoms with Crippen molar-refractivity contribution < 1.29 is 24.2 Å². The maximum atomic E-state index is 13.5. The average Bonchev–Trinajstić information content (AvgIpc) is 3.22. The molecule has 1 atom stereocenters. The van der Waals surface area contributed by atoms with E-state index in [9.17, 15) is 19.8 Å². The van der Waals surface area contributed by atoms with E-state index in [-0.39, 0.29) is 29.6 Å². The summed E-state index contributed by atoms with van der Waals surface area (Å²) in [6, 6.07) is 14.0. The van der Waals surface area contributed by atoms with Crippen molar-refractivity contribution >= 4 is 16.8 Å². The molecule has 2 aromatic carbocycles. The quantitative estimate of drug-likeness (QED) is 0.403. The van der Waals surface area contributed by atoms with E-state index in [0.717, 1.165) is 17.6 Å². The van der Waals surface area contributed by atoms with E-state index in [0.29, 0.717) is 24.4 Å². The molecule has 5 rings (SSSR count). The van der Waals surface area contributed by atoms with Crippen molar-refractivity contribution in [2.45, 2.75) is 32.2 Å². The van der Waals surface area contributed by atoms with Crippen LogP contribution in [0, 0.1) is 6.92 Å². The van der Waals surface area contributed by atoms with Crippen molar-refractivity contribution in [3.63, 3.8) is 0 Å². The first-order chi connectivity index (χ1) is 16.9. The number of amides is 1. The van der Waals surface area contributed by atoms with Crippen molar-refractivity contribution in [2.24, 2.45) is 0 Å². The van der Waals surface area contributed by atoms with Gasteiger partial charge in [0.2, 0.25) is 17.1 Å². The molecule has 3 N–H and O–H groups in total. The lowest BCUT2D eigenvalue weighted by molar-refractivity contribution is -0.132. The molecule has 35 heavy (non-hydrogen) atoms. The molecule has 3 heterocycles. The van der Waals surface area contributed by atoms with Crippen LogP contribution >= 0.6 is 0 Å². The van der Waals surface area contributed by atoms with Crippen molar-refractivity contribution in [1.29, 1.82) is 0 Å². The number of H-pyrrole nitrogens is 1. The second-order valence-electron chi connectivity index (χ2n) is 8.82. The number of fused-ring (bicyclic) bond motifs is 3. The third-order valence-electron chi connectivity index (χ3n) is 6.61. The Hall–Kier alpha value is -4.20. The van der Waals surface area contributed by atoms with Crippen molar-refractivity contribution in [1.82, 2.24) is 9.88 Å². The van der Waals surface area contributed by atoms with E-state index in [1.807, 2.05) is 18.2 Å². The zero-order chi connectivity index (χ0) is 24.7. The summed E-state index contributed by atoms with van der Waals surface area (Å²) in [4.78, 5) is 31.0. The lowest BCUT2D eigenvalue weighted by Gasteiger charge is -2.29. The molecule has 0 saturated carbocycles. The first kappa shape index (κ1) is 22.6. The van der Waals surface area contributed by atoms with E-state index in [2.05, 4.69) is 11.1 Å². The summed E-state index contributed by atoms with van der Waals surface area (Å²) in [6.45, 7) is 2.60. The monoisotopic (exact) mass is 474 g/mol. The molecular weight excluding hydrogens is 448 g/mol. The van der Waals surface area contributed by atoms with Gasteiger partial charge in [-0.05, 0) is 42.7 Å². The molecule has 4 aromatic rings. The Bertz CT molecular complexity index is 1490. The van der Waals surface area contributed by atoms with Gasteiger partial charge < -0.3 is 29.3 Å². The van der Waals surface area contributed by atoms with Gasteiger partial charge >= 0.3 is 0 Å². The number of carbonyl (C=O) groups is 1. The fourth-order valence-electron chi connectivity index (χ4n) is 4.86. The SMILES string of the molecule is COc1ccc(C(CC(=O)N2CCc3c([nH]c4ccccc34)C2)c2oc(C)cc(=O)c2O)cc1O. The Morgan fingerprint density at radius 2 is 2.00 bits per heavy atom. The summed E-state index contributed by atoms with van der Waals surface area (Å²) in [5.41, 5.74) is 3.21. The van der Waals surface area contributed by atoms with Gasteiger partial charge in [0.15, 0.2) is 17.3 Å². The van der Waals surface area contributed by atoms with Crippen LogP contribution in [0.1, 0.15) is 40.7 Å². The van der Waals surface area contributed by atoms with Gasteiger partial charge in [-0.25, -0.2) is 0 Å². The average molecular weight is 475 g/mol. The molecule has 0 spiro atoms. The van der Waals surface area contributed by atoms with Crippen molar-refractivity contribution in [3.05, 3.63) is 87.1 Å². The number of carbonyl (C=O) groups excluding carboxylic acids is 1. The number of methoxy groups -OCH3 is 1. The molecule has 0 bridgehead atoms. The standard InChI is InChI=1S/C27H26N2O6/c1-15-11-23(31)26(33)27(35-15)19(16-7-8-24(34-2)22(30)12-16)13-25(32)29-10-9-18-17-5-3-4-6-20(17)28-21(18)14-29/h3-8,11-12,19,28,30,33H,9-10,13-14H2,1-2H3. The second kappa shape index (κ2) is 8.87. The maximum Gasteiger partial charge on any atom is 0.227 e. The van der Waals surface area contributed by atoms with Gasteiger partial charge in [0.1, 0.15) is 5.76 Å². The number of aromatic hydroxyl groups is 2. The molecular formula is C27H26N2O6. The van der Waals surface area contributed by atoms with Crippen LogP contribution in [0.3, 0.4) is 0 Å². The molecule has 8 nitrogen and oxygen atoms in total. The zero-order valence-electron chi connectivity index (χ0n) is 19.5. The smallest absolute Gasteiger partial charge is 0.227 e. The van der Waals surface area contributed by atoms with Gasteiger partial charge in [-0.3, -0.25) is 9.59 Å². The highest BCUT2D eigenvalue weighted by Crippen LogP contribution is 2.38. The number of phenolic OH excluding ortho intramolecular Hbond substituents is 1. The number of ether oxygens (including phenoxy) is 1. The minimum Gasteiger partial charge on any atom is -0.504 e. The Morgan fingerprint density at radius 3 is 2.77 bits per heavy atom. The Balaban J connectivity index is 1.48. The number of nitrogens with zero attached hydrogens (tertiary/aromatic N) is 1. The van der Waals surface area contributed by atoms with E-state index in [1.54, 1.807) is 24.0 Å². The van der Waals surface area contributed by atoms with E-state index in [1.165, 1.54) is 30.2 Å². The first-order valence-corrected chi connectivity index (χ1v) is 11.4. The molecule has 0 aliphatic carbocycles. The first-order valence-electron chi connectivity index (χ1n) is 11.4. The Kier molecular flexibility index (Phi) is 5.72. The Morgan fingerprint density at radius 1 is 1.20 bits per heavy atom. The van der Waals surface area contributed by atoms with Crippen LogP contribution in [0.2, 0.25) is 0 Å². The van der Waals surface area contributed by atoms with Crippen LogP contribution in [0.25, 0.3) is 10.9 Å². The largest absolute Gasteiger partial charge is 0.504 e. The molecule has 8 heteroatoms. The number of hydrogen-bond acceptors (Lipinski definition) is 6. The molecule has 1 aliphatic heterocycles. The minimum absolute atomic E-state index is 0.00349. The normalized spacial score (nSPS) is 14.1. The molecule has 2 aromatic heterocycles. The lowest BCUT2D eigenvalue weighted by Crippen LogP contribution is -2.36. The second-order valence-corrected chi connectivity index (χ2v) is 8.82. The van der Waals surface area contributed by atoms with E-state index >= 15 is 0 Å². The number of aromatic nitrogens is 1. The van der Waals surface area contributed by atoms with Crippen LogP contribution in [-0.4, -0.2) is 39.7 Å². The van der Waals surface area contributed by atoms with Crippen molar-refractivity contribution in [3.8, 4) is 17.2 Å². The summed E-state index contributed by atoms with van der Waals surface area (Å²) < 4.78 is 10.9. The number of hydrogen-bond donors (Lipinski definition) is 3. The van der Waals surface area contributed by atoms with Gasteiger partial charge in [-0.2, -0.15) is 0 Å². The fraction of sp³-hybridized carbons (Fsp3) is 0.259. The van der Waals surface area contributed by atoms with E-state index in [4.69, 9.17) is 9.15 Å². The van der Waals surface area contributed by atoms with E-state index < -0.39 is 17.1 Å². The number of nitrogens with one attached hydrogen (secondary N) is 1. The molecule has 0 fully saturated rings. The van der Waals surface area contributed by atoms with Gasteiger partial charge in [0.25, 0.3) is 0 Å². The van der Waals surface area contributed by atoms with Crippen LogP contribution in [0.4, 0.5) is 0 Å². The third kappa shape index (κ3) is 4.12. The predicted molar refractivity (Wildman–Crippen MR) is 130 cm³/mol. The molecule has 1 amide bonds. The molecule has 1 aliphatic rings. The van der Waals surface area contributed by atoms with Gasteiger partial charge in [-0.1, -0.05) is 24.3 Å². The van der Waals surface area contributed by atoms with Crippen LogP contribution in [0.15, 0.2) is 57.7 Å². The molecule has 180 valence electrons.